The number of allylic oxidation sites excluding steroid dienone is 3. The molecule has 0 bridgehead atoms. The van der Waals surface area contributed by atoms with E-state index in [0.29, 0.717) is 17.9 Å². The average Bonchev–Trinajstić information content (AvgIpc) is 3.34. The van der Waals surface area contributed by atoms with E-state index in [1.165, 1.54) is 75.6 Å². The van der Waals surface area contributed by atoms with Gasteiger partial charge in [0.25, 0.3) is 0 Å². The maximum atomic E-state index is 6.13. The van der Waals surface area contributed by atoms with Crippen LogP contribution in [0.25, 0.3) is 0 Å². The van der Waals surface area contributed by atoms with Crippen LogP contribution in [0.4, 0.5) is 0 Å². The van der Waals surface area contributed by atoms with Crippen LogP contribution in [0.2, 0.25) is 0 Å². The number of hydrazine groups is 1. The standard InChI is InChI=1S/C25H43N3O/c1-5-21-7-8-23(18-21)27-20(4)17-24(28-26-15-11-19(2)3)22-9-13-25(14-10-22)12-6-16-29-25/h11,15,17,19,21-23,26,28H,5-10,12-14,16,18H2,1-4H3/b15-11-,24-17?,27-20?. The van der Waals surface area contributed by atoms with Crippen molar-refractivity contribution in [1.82, 2.24) is 10.9 Å². The lowest BCUT2D eigenvalue weighted by molar-refractivity contribution is -0.0320. The van der Waals surface area contributed by atoms with E-state index in [2.05, 4.69) is 50.7 Å². The number of nitrogens with one attached hydrogen (secondary N) is 2. The van der Waals surface area contributed by atoms with Gasteiger partial charge < -0.3 is 15.6 Å². The molecule has 0 radical (unpaired) electrons. The zero-order valence-corrected chi connectivity index (χ0v) is 19.2. The first-order valence-electron chi connectivity index (χ1n) is 12.1. The van der Waals surface area contributed by atoms with Gasteiger partial charge >= 0.3 is 0 Å². The van der Waals surface area contributed by atoms with Crippen molar-refractivity contribution < 1.29 is 4.74 Å². The second kappa shape index (κ2) is 10.7. The molecule has 4 nitrogen and oxygen atoms in total. The fraction of sp³-hybridized carbons (Fsp3) is 0.800. The van der Waals surface area contributed by atoms with Crippen molar-refractivity contribution in [2.24, 2.45) is 22.7 Å². The van der Waals surface area contributed by atoms with Crippen LogP contribution in [0.15, 0.2) is 29.0 Å². The Morgan fingerprint density at radius 1 is 1.17 bits per heavy atom. The molecule has 2 atom stereocenters. The molecule has 164 valence electrons. The Labute approximate surface area is 178 Å². The SMILES string of the molecule is CCC1CCC(N=C(C)C=C(NN/C=C\C(C)C)C2CCC3(CCCO3)CC2)C1. The van der Waals surface area contributed by atoms with Crippen LogP contribution < -0.4 is 10.9 Å². The fourth-order valence-corrected chi connectivity index (χ4v) is 5.31. The molecular formula is C25H43N3O. The highest BCUT2D eigenvalue weighted by Gasteiger charge is 2.39. The molecule has 2 aliphatic carbocycles. The van der Waals surface area contributed by atoms with Crippen LogP contribution in [-0.2, 0) is 4.74 Å². The van der Waals surface area contributed by atoms with Crippen molar-refractivity contribution in [2.75, 3.05) is 6.61 Å². The molecule has 2 saturated carbocycles. The molecule has 3 aliphatic rings. The summed E-state index contributed by atoms with van der Waals surface area (Å²) >= 11 is 0. The van der Waals surface area contributed by atoms with Crippen LogP contribution in [0, 0.1) is 17.8 Å². The van der Waals surface area contributed by atoms with Gasteiger partial charge in [0.05, 0.1) is 11.6 Å². The molecule has 0 aromatic rings. The molecule has 0 aromatic carbocycles. The van der Waals surface area contributed by atoms with E-state index in [1.807, 2.05) is 6.20 Å². The van der Waals surface area contributed by atoms with E-state index in [-0.39, 0.29) is 5.60 Å². The van der Waals surface area contributed by atoms with Crippen molar-refractivity contribution in [2.45, 2.75) is 104 Å². The first-order valence-corrected chi connectivity index (χ1v) is 12.1. The van der Waals surface area contributed by atoms with Crippen LogP contribution in [-0.4, -0.2) is 24.0 Å². The largest absolute Gasteiger partial charge is 0.375 e. The van der Waals surface area contributed by atoms with Gasteiger partial charge in [0.2, 0.25) is 0 Å². The summed E-state index contributed by atoms with van der Waals surface area (Å²) < 4.78 is 6.13. The molecular weight excluding hydrogens is 358 g/mol. The van der Waals surface area contributed by atoms with Crippen molar-refractivity contribution in [1.29, 1.82) is 0 Å². The normalized spacial score (nSPS) is 33.9. The van der Waals surface area contributed by atoms with E-state index < -0.39 is 0 Å². The van der Waals surface area contributed by atoms with E-state index in [9.17, 15) is 0 Å². The predicted octanol–water partition coefficient (Wildman–Crippen LogP) is 5.91. The van der Waals surface area contributed by atoms with Crippen LogP contribution in [0.3, 0.4) is 0 Å². The minimum Gasteiger partial charge on any atom is -0.375 e. The molecule has 2 N–H and O–H groups in total. The summed E-state index contributed by atoms with van der Waals surface area (Å²) in [6.45, 7) is 9.83. The Kier molecular flexibility index (Phi) is 8.23. The summed E-state index contributed by atoms with van der Waals surface area (Å²) in [6.07, 6.45) is 18.9. The van der Waals surface area contributed by atoms with E-state index >= 15 is 0 Å². The highest BCUT2D eigenvalue weighted by atomic mass is 16.5. The van der Waals surface area contributed by atoms with Crippen molar-refractivity contribution in [3.8, 4) is 0 Å². The Morgan fingerprint density at radius 3 is 2.59 bits per heavy atom. The monoisotopic (exact) mass is 401 g/mol. The van der Waals surface area contributed by atoms with Gasteiger partial charge in [-0.3, -0.25) is 4.99 Å². The van der Waals surface area contributed by atoms with Crippen molar-refractivity contribution in [3.63, 3.8) is 0 Å². The van der Waals surface area contributed by atoms with Gasteiger partial charge in [0.1, 0.15) is 0 Å². The Morgan fingerprint density at radius 2 is 1.97 bits per heavy atom. The third-order valence-corrected chi connectivity index (χ3v) is 7.14. The van der Waals surface area contributed by atoms with Gasteiger partial charge in [-0.25, -0.2) is 0 Å². The molecule has 3 rings (SSSR count). The summed E-state index contributed by atoms with van der Waals surface area (Å²) in [4.78, 5) is 5.07. The van der Waals surface area contributed by atoms with E-state index in [1.54, 1.807) is 0 Å². The first-order chi connectivity index (χ1) is 14.0. The lowest BCUT2D eigenvalue weighted by Crippen LogP contribution is -2.37. The van der Waals surface area contributed by atoms with E-state index in [4.69, 9.17) is 9.73 Å². The summed E-state index contributed by atoms with van der Waals surface area (Å²) in [6, 6.07) is 0.521. The minimum atomic E-state index is 0.189. The number of hydrogen-bond acceptors (Lipinski definition) is 4. The molecule has 29 heavy (non-hydrogen) atoms. The van der Waals surface area contributed by atoms with Crippen molar-refractivity contribution in [3.05, 3.63) is 24.0 Å². The maximum absolute atomic E-state index is 6.13. The van der Waals surface area contributed by atoms with Gasteiger partial charge in [0, 0.05) is 30.1 Å². The van der Waals surface area contributed by atoms with E-state index in [0.717, 1.165) is 12.5 Å². The zero-order valence-electron chi connectivity index (χ0n) is 19.2. The molecule has 0 aromatic heterocycles. The highest BCUT2D eigenvalue weighted by Crippen LogP contribution is 2.43. The second-order valence-electron chi connectivity index (χ2n) is 9.89. The fourth-order valence-electron chi connectivity index (χ4n) is 5.31. The second-order valence-corrected chi connectivity index (χ2v) is 9.89. The third-order valence-electron chi connectivity index (χ3n) is 7.14. The van der Waals surface area contributed by atoms with Crippen LogP contribution >= 0.6 is 0 Å². The molecule has 1 saturated heterocycles. The van der Waals surface area contributed by atoms with Gasteiger partial charge in [-0.05, 0) is 82.6 Å². The molecule has 4 heteroatoms. The number of aliphatic imine (C=N–C) groups is 1. The lowest BCUT2D eigenvalue weighted by Gasteiger charge is -2.37. The van der Waals surface area contributed by atoms with Gasteiger partial charge in [-0.15, -0.1) is 0 Å². The molecule has 0 amide bonds. The van der Waals surface area contributed by atoms with Crippen LogP contribution in [0.5, 0.6) is 0 Å². The lowest BCUT2D eigenvalue weighted by atomic mass is 9.76. The van der Waals surface area contributed by atoms with Crippen LogP contribution in [0.1, 0.15) is 91.9 Å². The summed E-state index contributed by atoms with van der Waals surface area (Å²) in [5.74, 6) is 1.98. The number of nitrogens with zero attached hydrogens (tertiary/aromatic N) is 1. The summed E-state index contributed by atoms with van der Waals surface area (Å²) in [5.41, 5.74) is 9.45. The highest BCUT2D eigenvalue weighted by molar-refractivity contribution is 5.93. The third kappa shape index (κ3) is 6.60. The van der Waals surface area contributed by atoms with Gasteiger partial charge in [0.15, 0.2) is 0 Å². The summed E-state index contributed by atoms with van der Waals surface area (Å²) in [5, 5.41) is 0. The van der Waals surface area contributed by atoms with Crippen molar-refractivity contribution >= 4 is 5.71 Å². The summed E-state index contributed by atoms with van der Waals surface area (Å²) in [7, 11) is 0. The average molecular weight is 402 g/mol. The zero-order chi connectivity index (χ0) is 20.7. The molecule has 2 unspecified atom stereocenters. The Hall–Kier alpha value is -1.29. The molecule has 3 fully saturated rings. The van der Waals surface area contributed by atoms with Gasteiger partial charge in [-0.1, -0.05) is 33.3 Å². The molecule has 1 aliphatic heterocycles. The Balaban J connectivity index is 1.64. The quantitative estimate of drug-likeness (QED) is 0.392. The predicted molar refractivity (Wildman–Crippen MR) is 123 cm³/mol. The Bertz CT molecular complexity index is 591. The number of hydrogen-bond donors (Lipinski definition) is 2. The molecule has 1 spiro atoms. The van der Waals surface area contributed by atoms with Gasteiger partial charge in [-0.2, -0.15) is 0 Å². The minimum absolute atomic E-state index is 0.189. The smallest absolute Gasteiger partial charge is 0.0683 e. The maximum Gasteiger partial charge on any atom is 0.0683 e. The topological polar surface area (TPSA) is 45.7 Å². The number of rotatable bonds is 8. The number of ether oxygens (including phenoxy) is 1. The molecule has 1 heterocycles. The first kappa shape index (κ1) is 22.4.